The van der Waals surface area contributed by atoms with E-state index in [1.54, 1.807) is 53.7 Å². The Kier molecular flexibility index (Phi) is 12.6. The molecule has 0 bridgehead atoms. The van der Waals surface area contributed by atoms with Crippen LogP contribution in [0.4, 0.5) is 36.6 Å². The molecule has 0 aliphatic heterocycles. The molecule has 20 heteroatoms. The lowest BCUT2D eigenvalue weighted by molar-refractivity contribution is -0.139. The normalized spacial score (nSPS) is 11.5. The summed E-state index contributed by atoms with van der Waals surface area (Å²) in [7, 11) is 5.32. The lowest BCUT2D eigenvalue weighted by Gasteiger charge is -2.18. The number of hydrogen-bond acceptors (Lipinski definition) is 11. The van der Waals surface area contributed by atoms with Gasteiger partial charge in [0.2, 0.25) is 5.95 Å². The number of halogens is 7. The number of alkyl halides is 6. The minimum absolute atomic E-state index is 0.0155. The SMILES string of the molecule is CCN(C)c1cc(COc2ccc(-c3cc4c(ncn4C)c(C#N)n3)cc2C(F)(F)F)ccn1.Cn1cnc2c(C#N)nc(-c3ccc(OCc4ccnc(F)c4)c(C(F)(F)F)c3)cc21. The molecule has 0 atom stereocenters. The number of imidazole rings is 2. The molecule has 0 saturated carbocycles. The summed E-state index contributed by atoms with van der Waals surface area (Å²) in [5, 5.41) is 18.8. The number of nitrogens with zero attached hydrogens (tertiary/aromatic N) is 11. The smallest absolute Gasteiger partial charge is 0.419 e. The maximum Gasteiger partial charge on any atom is 0.419 e. The summed E-state index contributed by atoms with van der Waals surface area (Å²) in [6.45, 7) is 2.40. The van der Waals surface area contributed by atoms with Crippen LogP contribution in [0, 0.1) is 28.6 Å². The van der Waals surface area contributed by atoms with Gasteiger partial charge >= 0.3 is 12.4 Å². The van der Waals surface area contributed by atoms with Crippen LogP contribution < -0.4 is 14.4 Å². The number of ether oxygens (including phenoxy) is 2. The zero-order valence-electron chi connectivity index (χ0n) is 34.7. The second kappa shape index (κ2) is 18.3. The van der Waals surface area contributed by atoms with Gasteiger partial charge < -0.3 is 23.5 Å². The van der Waals surface area contributed by atoms with E-state index in [-0.39, 0.29) is 52.9 Å². The van der Waals surface area contributed by atoms with Crippen molar-refractivity contribution in [3.63, 3.8) is 0 Å². The van der Waals surface area contributed by atoms with Gasteiger partial charge in [0.15, 0.2) is 11.4 Å². The molecule has 2 aromatic carbocycles. The van der Waals surface area contributed by atoms with Crippen molar-refractivity contribution in [2.75, 3.05) is 18.5 Å². The van der Waals surface area contributed by atoms with Crippen molar-refractivity contribution >= 4 is 27.9 Å². The van der Waals surface area contributed by atoms with Gasteiger partial charge in [-0.25, -0.2) is 29.9 Å². The fourth-order valence-corrected chi connectivity index (χ4v) is 6.56. The highest BCUT2D eigenvalue weighted by atomic mass is 19.4. The fraction of sp³-hybridized carbons (Fsp3) is 0.200. The molecule has 0 N–H and O–H groups in total. The van der Waals surface area contributed by atoms with E-state index in [0.29, 0.717) is 39.0 Å². The third kappa shape index (κ3) is 9.92. The standard InChI is InChI=1S/C24H21F3N6O.C21H13F4N5O/c1-4-32(2)22-9-15(7-8-29-22)13-34-21-6-5-16(10-17(21)24(25,26)27)18-11-20-23(19(12-28)31-18)30-14-33(20)3;1-30-11-28-20-16(9-26)29-15(8-17(20)30)13-2-3-18(14(7-13)21(23,24)25)31-10-12-4-5-27-19(22)6-12/h5-11,14H,4,13H2,1-3H3;2-8,11H,10H2,1H3. The molecule has 0 aliphatic carbocycles. The zero-order chi connectivity index (χ0) is 46.6. The molecule has 0 saturated heterocycles. The van der Waals surface area contributed by atoms with Crippen molar-refractivity contribution in [3.8, 4) is 46.2 Å². The summed E-state index contributed by atoms with van der Waals surface area (Å²) in [4.78, 5) is 26.2. The summed E-state index contributed by atoms with van der Waals surface area (Å²) in [6, 6.07) is 20.3. The Morgan fingerprint density at radius 1 is 0.631 bits per heavy atom. The molecular weight excluding hydrogens is 860 g/mol. The van der Waals surface area contributed by atoms with E-state index in [1.165, 1.54) is 49.2 Å². The lowest BCUT2D eigenvalue weighted by atomic mass is 10.0. The molecule has 0 amide bonds. The molecule has 0 spiro atoms. The Labute approximate surface area is 365 Å². The highest BCUT2D eigenvalue weighted by Gasteiger charge is 2.36. The highest BCUT2D eigenvalue weighted by molar-refractivity contribution is 5.85. The van der Waals surface area contributed by atoms with Crippen LogP contribution in [0.15, 0.2) is 97.8 Å². The van der Waals surface area contributed by atoms with Gasteiger partial charge in [0, 0.05) is 51.2 Å². The molecule has 6 aromatic heterocycles. The van der Waals surface area contributed by atoms with Crippen molar-refractivity contribution in [1.29, 1.82) is 10.5 Å². The van der Waals surface area contributed by atoms with Crippen LogP contribution in [0.3, 0.4) is 0 Å². The summed E-state index contributed by atoms with van der Waals surface area (Å²) in [6.07, 6.45) is -3.53. The quantitative estimate of drug-likeness (QED) is 0.0952. The molecule has 6 heterocycles. The lowest BCUT2D eigenvalue weighted by Crippen LogP contribution is -2.17. The Morgan fingerprint density at radius 2 is 1.09 bits per heavy atom. The van der Waals surface area contributed by atoms with E-state index in [1.807, 2.05) is 31.0 Å². The van der Waals surface area contributed by atoms with Gasteiger partial charge in [-0.2, -0.15) is 41.3 Å². The van der Waals surface area contributed by atoms with Crippen molar-refractivity contribution in [1.82, 2.24) is 39.0 Å². The van der Waals surface area contributed by atoms with Crippen LogP contribution in [0.1, 0.15) is 40.6 Å². The Bertz CT molecular complexity index is 3130. The van der Waals surface area contributed by atoms with Crippen molar-refractivity contribution in [2.24, 2.45) is 14.1 Å². The molecule has 8 rings (SSSR count). The van der Waals surface area contributed by atoms with Gasteiger partial charge in [0.1, 0.15) is 53.7 Å². The number of aromatic nitrogens is 8. The first-order valence-electron chi connectivity index (χ1n) is 19.4. The molecule has 13 nitrogen and oxygen atoms in total. The monoisotopic (exact) mass is 893 g/mol. The first-order valence-corrected chi connectivity index (χ1v) is 19.4. The molecule has 0 fully saturated rings. The number of aryl methyl sites for hydroxylation is 2. The molecule has 330 valence electrons. The fourth-order valence-electron chi connectivity index (χ4n) is 6.56. The average Bonchev–Trinajstić information content (AvgIpc) is 3.87. The average molecular weight is 894 g/mol. The van der Waals surface area contributed by atoms with Crippen LogP contribution in [-0.2, 0) is 39.7 Å². The predicted octanol–water partition coefficient (Wildman–Crippen LogP) is 9.59. The Balaban J connectivity index is 0.000000195. The molecule has 0 aliphatic rings. The third-order valence-electron chi connectivity index (χ3n) is 10.1. The van der Waals surface area contributed by atoms with Crippen LogP contribution in [-0.4, -0.2) is 52.6 Å². The van der Waals surface area contributed by atoms with E-state index >= 15 is 0 Å². The number of hydrogen-bond donors (Lipinski definition) is 0. The molecular formula is C45H34F7N11O2. The van der Waals surface area contributed by atoms with Gasteiger partial charge in [-0.3, -0.25) is 0 Å². The number of pyridine rings is 4. The van der Waals surface area contributed by atoms with Gasteiger partial charge in [-0.15, -0.1) is 0 Å². The van der Waals surface area contributed by atoms with Crippen molar-refractivity contribution in [2.45, 2.75) is 32.5 Å². The molecule has 0 unspecified atom stereocenters. The maximum atomic E-state index is 13.9. The summed E-state index contributed by atoms with van der Waals surface area (Å²) in [5.41, 5.74) is 1.92. The minimum Gasteiger partial charge on any atom is -0.488 e. The minimum atomic E-state index is -4.70. The summed E-state index contributed by atoms with van der Waals surface area (Å²) in [5.74, 6) is -0.742. The van der Waals surface area contributed by atoms with Crippen molar-refractivity contribution in [3.05, 3.63) is 137 Å². The van der Waals surface area contributed by atoms with E-state index in [0.717, 1.165) is 24.7 Å². The van der Waals surface area contributed by atoms with Crippen LogP contribution >= 0.6 is 0 Å². The number of nitriles is 2. The van der Waals surface area contributed by atoms with Gasteiger partial charge in [0.25, 0.3) is 0 Å². The van der Waals surface area contributed by atoms with Crippen LogP contribution in [0.5, 0.6) is 11.5 Å². The second-order valence-corrected chi connectivity index (χ2v) is 14.4. The highest BCUT2D eigenvalue weighted by Crippen LogP contribution is 2.41. The molecule has 0 radical (unpaired) electrons. The van der Waals surface area contributed by atoms with E-state index < -0.39 is 35.2 Å². The third-order valence-corrected chi connectivity index (χ3v) is 10.1. The number of rotatable bonds is 10. The summed E-state index contributed by atoms with van der Waals surface area (Å²) < 4.78 is 110. The van der Waals surface area contributed by atoms with Gasteiger partial charge in [-0.1, -0.05) is 0 Å². The Hall–Kier alpha value is -8.13. The number of fused-ring (bicyclic) bond motifs is 2. The number of benzene rings is 2. The second-order valence-electron chi connectivity index (χ2n) is 14.4. The zero-order valence-corrected chi connectivity index (χ0v) is 34.7. The summed E-state index contributed by atoms with van der Waals surface area (Å²) >= 11 is 0. The van der Waals surface area contributed by atoms with Crippen molar-refractivity contribution < 1.29 is 40.2 Å². The topological polar surface area (TPSA) is 156 Å². The van der Waals surface area contributed by atoms with Gasteiger partial charge in [-0.05, 0) is 90.8 Å². The van der Waals surface area contributed by atoms with Crippen LogP contribution in [0.25, 0.3) is 44.6 Å². The first kappa shape index (κ1) is 44.9. The largest absolute Gasteiger partial charge is 0.488 e. The predicted molar refractivity (Wildman–Crippen MR) is 223 cm³/mol. The Morgan fingerprint density at radius 3 is 1.52 bits per heavy atom. The first-order chi connectivity index (χ1) is 31.0. The molecule has 8 aromatic rings. The van der Waals surface area contributed by atoms with E-state index in [4.69, 9.17) is 9.47 Å². The van der Waals surface area contributed by atoms with Gasteiger partial charge in [0.05, 0.1) is 46.2 Å². The van der Waals surface area contributed by atoms with E-state index in [9.17, 15) is 41.3 Å². The number of anilines is 1. The van der Waals surface area contributed by atoms with E-state index in [2.05, 4.69) is 29.9 Å². The molecule has 65 heavy (non-hydrogen) atoms. The maximum absolute atomic E-state index is 13.9. The van der Waals surface area contributed by atoms with Crippen LogP contribution in [0.2, 0.25) is 0 Å².